The number of rotatable bonds is 5. The second-order valence-corrected chi connectivity index (χ2v) is 6.07. The molecule has 1 aromatic carbocycles. The zero-order chi connectivity index (χ0) is 14.5. The van der Waals surface area contributed by atoms with E-state index in [1.807, 2.05) is 24.3 Å². The standard InChI is InChI=1S/C12H12Cl2N3O2P/c1-18-20(19-2)10-6-4-3-5-9(10)16-11-8(13)7-15-12(14)17-11/h3-7H,1-2H3,(H,15,16,17). The second-order valence-electron chi connectivity index (χ2n) is 3.60. The zero-order valence-corrected chi connectivity index (χ0v) is 13.2. The highest BCUT2D eigenvalue weighted by Crippen LogP contribution is 2.38. The molecule has 0 amide bonds. The summed E-state index contributed by atoms with van der Waals surface area (Å²) in [6.45, 7) is 0. The molecule has 0 unspecified atom stereocenters. The van der Waals surface area contributed by atoms with Crippen LogP contribution in [-0.4, -0.2) is 24.2 Å². The Morgan fingerprint density at radius 2 is 1.85 bits per heavy atom. The van der Waals surface area contributed by atoms with E-state index in [0.29, 0.717) is 10.8 Å². The number of anilines is 2. The summed E-state index contributed by atoms with van der Waals surface area (Å²) in [6, 6.07) is 7.59. The molecule has 0 radical (unpaired) electrons. The molecule has 106 valence electrons. The molecular weight excluding hydrogens is 320 g/mol. The Bertz CT molecular complexity index is 597. The van der Waals surface area contributed by atoms with Gasteiger partial charge in [-0.3, -0.25) is 0 Å². The summed E-state index contributed by atoms with van der Waals surface area (Å²) in [4.78, 5) is 7.86. The first-order chi connectivity index (χ1) is 9.65. The Balaban J connectivity index is 2.36. The third kappa shape index (κ3) is 3.57. The van der Waals surface area contributed by atoms with Gasteiger partial charge in [0.05, 0.1) is 17.2 Å². The van der Waals surface area contributed by atoms with E-state index in [4.69, 9.17) is 32.2 Å². The van der Waals surface area contributed by atoms with Crippen molar-refractivity contribution in [3.63, 3.8) is 0 Å². The number of halogens is 2. The summed E-state index contributed by atoms with van der Waals surface area (Å²) in [5.74, 6) is 0.432. The third-order valence-corrected chi connectivity index (χ3v) is 4.31. The average molecular weight is 332 g/mol. The summed E-state index contributed by atoms with van der Waals surface area (Å²) in [7, 11) is 2.03. The van der Waals surface area contributed by atoms with Crippen LogP contribution in [0.2, 0.25) is 10.3 Å². The van der Waals surface area contributed by atoms with Crippen LogP contribution < -0.4 is 10.6 Å². The van der Waals surface area contributed by atoms with Gasteiger partial charge < -0.3 is 14.4 Å². The molecule has 0 bridgehead atoms. The maximum Gasteiger partial charge on any atom is 0.224 e. The molecule has 1 N–H and O–H groups in total. The first kappa shape index (κ1) is 15.4. The molecule has 20 heavy (non-hydrogen) atoms. The van der Waals surface area contributed by atoms with Crippen LogP contribution in [-0.2, 0) is 9.05 Å². The van der Waals surface area contributed by atoms with Gasteiger partial charge in [0.15, 0.2) is 5.82 Å². The Morgan fingerprint density at radius 1 is 1.15 bits per heavy atom. The fourth-order valence-corrected chi connectivity index (χ4v) is 2.92. The van der Waals surface area contributed by atoms with Gasteiger partial charge in [-0.25, -0.2) is 4.98 Å². The van der Waals surface area contributed by atoms with E-state index in [2.05, 4.69) is 15.3 Å². The van der Waals surface area contributed by atoms with Crippen molar-refractivity contribution in [3.05, 3.63) is 40.8 Å². The van der Waals surface area contributed by atoms with Gasteiger partial charge in [0.1, 0.15) is 5.02 Å². The van der Waals surface area contributed by atoms with Gasteiger partial charge in [-0.2, -0.15) is 4.98 Å². The lowest BCUT2D eigenvalue weighted by Gasteiger charge is -2.17. The number of aromatic nitrogens is 2. The van der Waals surface area contributed by atoms with E-state index < -0.39 is 8.38 Å². The van der Waals surface area contributed by atoms with E-state index in [1.54, 1.807) is 14.2 Å². The van der Waals surface area contributed by atoms with Gasteiger partial charge in [-0.1, -0.05) is 23.7 Å². The quantitative estimate of drug-likeness (QED) is 0.667. The van der Waals surface area contributed by atoms with Crippen LogP contribution in [0, 0.1) is 0 Å². The van der Waals surface area contributed by atoms with Crippen molar-refractivity contribution in [3.8, 4) is 0 Å². The molecule has 1 aromatic heterocycles. The number of para-hydroxylation sites is 1. The molecule has 5 nitrogen and oxygen atoms in total. The summed E-state index contributed by atoms with van der Waals surface area (Å²) in [5.41, 5.74) is 0.791. The molecule has 2 aromatic rings. The second kappa shape index (κ2) is 7.16. The lowest BCUT2D eigenvalue weighted by Crippen LogP contribution is -2.10. The Morgan fingerprint density at radius 3 is 2.55 bits per heavy atom. The van der Waals surface area contributed by atoms with Gasteiger partial charge in [-0.15, -0.1) is 0 Å². The molecule has 0 spiro atoms. The number of nitrogens with one attached hydrogen (secondary N) is 1. The Kier molecular flexibility index (Phi) is 5.52. The molecule has 1 heterocycles. The molecule has 0 fully saturated rings. The fourth-order valence-electron chi connectivity index (χ4n) is 1.57. The predicted octanol–water partition coefficient (Wildman–Crippen LogP) is 3.76. The number of hydrogen-bond donors (Lipinski definition) is 1. The van der Waals surface area contributed by atoms with Crippen molar-refractivity contribution in [2.45, 2.75) is 0 Å². The Labute approximate surface area is 128 Å². The zero-order valence-electron chi connectivity index (χ0n) is 10.8. The van der Waals surface area contributed by atoms with Crippen molar-refractivity contribution in [1.29, 1.82) is 0 Å². The minimum atomic E-state index is -1.17. The lowest BCUT2D eigenvalue weighted by atomic mass is 10.3. The van der Waals surface area contributed by atoms with Crippen LogP contribution in [0.1, 0.15) is 0 Å². The molecule has 0 saturated carbocycles. The van der Waals surface area contributed by atoms with Crippen LogP contribution in [0.3, 0.4) is 0 Å². The maximum atomic E-state index is 6.04. The van der Waals surface area contributed by atoms with E-state index in [1.165, 1.54) is 6.20 Å². The molecule has 0 aliphatic carbocycles. The van der Waals surface area contributed by atoms with Crippen LogP contribution >= 0.6 is 31.6 Å². The number of hydrogen-bond acceptors (Lipinski definition) is 5. The van der Waals surface area contributed by atoms with Gasteiger partial charge in [0, 0.05) is 14.2 Å². The maximum absolute atomic E-state index is 6.04. The summed E-state index contributed by atoms with van der Waals surface area (Å²) < 4.78 is 10.7. The minimum absolute atomic E-state index is 0.120. The van der Waals surface area contributed by atoms with Crippen molar-refractivity contribution in [2.24, 2.45) is 0 Å². The molecule has 8 heteroatoms. The van der Waals surface area contributed by atoms with Crippen molar-refractivity contribution in [2.75, 3.05) is 19.5 Å². The Hall–Kier alpha value is -0.970. The third-order valence-electron chi connectivity index (χ3n) is 2.40. The van der Waals surface area contributed by atoms with Gasteiger partial charge in [-0.05, 0) is 23.7 Å². The number of nitrogens with zero attached hydrogens (tertiary/aromatic N) is 2. The van der Waals surface area contributed by atoms with E-state index in [0.717, 1.165) is 11.0 Å². The molecule has 2 rings (SSSR count). The fraction of sp³-hybridized carbons (Fsp3) is 0.167. The predicted molar refractivity (Wildman–Crippen MR) is 82.3 cm³/mol. The molecule has 0 aliphatic rings. The minimum Gasteiger partial charge on any atom is -0.338 e. The van der Waals surface area contributed by atoms with Gasteiger partial charge in [0.2, 0.25) is 13.7 Å². The highest BCUT2D eigenvalue weighted by Gasteiger charge is 2.16. The van der Waals surface area contributed by atoms with Crippen LogP contribution in [0.4, 0.5) is 11.5 Å². The largest absolute Gasteiger partial charge is 0.338 e. The molecule has 0 aliphatic heterocycles. The summed E-state index contributed by atoms with van der Waals surface area (Å²) in [5, 5.41) is 4.51. The van der Waals surface area contributed by atoms with E-state index in [-0.39, 0.29) is 5.28 Å². The monoisotopic (exact) mass is 331 g/mol. The van der Waals surface area contributed by atoms with Crippen molar-refractivity contribution >= 4 is 48.4 Å². The summed E-state index contributed by atoms with van der Waals surface area (Å²) in [6.07, 6.45) is 1.44. The van der Waals surface area contributed by atoms with Crippen LogP contribution in [0.5, 0.6) is 0 Å². The number of benzene rings is 1. The van der Waals surface area contributed by atoms with Crippen LogP contribution in [0.25, 0.3) is 0 Å². The van der Waals surface area contributed by atoms with Gasteiger partial charge in [0.25, 0.3) is 0 Å². The topological polar surface area (TPSA) is 56.3 Å². The lowest BCUT2D eigenvalue weighted by molar-refractivity contribution is 0.350. The molecular formula is C12H12Cl2N3O2P. The van der Waals surface area contributed by atoms with E-state index >= 15 is 0 Å². The SMILES string of the molecule is COP(OC)c1ccccc1Nc1nc(Cl)ncc1Cl. The van der Waals surface area contributed by atoms with E-state index in [9.17, 15) is 0 Å². The van der Waals surface area contributed by atoms with Crippen molar-refractivity contribution in [1.82, 2.24) is 9.97 Å². The first-order valence-corrected chi connectivity index (χ1v) is 7.51. The highest BCUT2D eigenvalue weighted by molar-refractivity contribution is 7.56. The smallest absolute Gasteiger partial charge is 0.224 e. The molecule has 0 saturated heterocycles. The van der Waals surface area contributed by atoms with Crippen molar-refractivity contribution < 1.29 is 9.05 Å². The molecule has 0 atom stereocenters. The first-order valence-electron chi connectivity index (χ1n) is 5.58. The normalized spacial score (nSPS) is 10.8. The van der Waals surface area contributed by atoms with Crippen LogP contribution in [0.15, 0.2) is 30.5 Å². The average Bonchev–Trinajstić information content (AvgIpc) is 2.46. The van der Waals surface area contributed by atoms with Gasteiger partial charge >= 0.3 is 0 Å². The summed E-state index contributed by atoms with van der Waals surface area (Å²) >= 11 is 11.8. The highest BCUT2D eigenvalue weighted by atomic mass is 35.5.